The number of rotatable bonds is 2. The number of fused-ring (bicyclic) bond motifs is 1. The maximum atomic E-state index is 5.86. The maximum absolute atomic E-state index is 5.86. The van der Waals surface area contributed by atoms with Gasteiger partial charge in [0.15, 0.2) is 0 Å². The first-order valence-electron chi connectivity index (χ1n) is 7.30. The summed E-state index contributed by atoms with van der Waals surface area (Å²) in [7, 11) is 0. The second kappa shape index (κ2) is 5.49. The number of nitrogens with zero attached hydrogens (tertiary/aromatic N) is 1. The molecule has 2 aromatic rings. The molecule has 1 heterocycles. The Labute approximate surface area is 118 Å². The van der Waals surface area contributed by atoms with E-state index in [1.165, 1.54) is 42.4 Å². The fourth-order valence-corrected chi connectivity index (χ4v) is 3.60. The van der Waals surface area contributed by atoms with Crippen molar-refractivity contribution in [3.05, 3.63) is 28.6 Å². The van der Waals surface area contributed by atoms with Crippen molar-refractivity contribution >= 4 is 21.6 Å². The van der Waals surface area contributed by atoms with Gasteiger partial charge in [-0.3, -0.25) is 0 Å². The smallest absolute Gasteiger partial charge is 0.274 e. The van der Waals surface area contributed by atoms with E-state index in [0.29, 0.717) is 12.0 Å². The Kier molecular flexibility index (Phi) is 3.74. The standard InChI is InChI=1S/C16H21NOS/c1-11(2)12-8-9-14-15(10-12)19-16(18-14)17-13-6-4-3-5-7-13/h8-11,13H,3-7H2,1-2H3. The number of benzene rings is 1. The molecule has 0 saturated heterocycles. The van der Waals surface area contributed by atoms with Crippen molar-refractivity contribution in [3.63, 3.8) is 0 Å². The zero-order valence-corrected chi connectivity index (χ0v) is 12.5. The van der Waals surface area contributed by atoms with Crippen LogP contribution in [0.3, 0.4) is 0 Å². The van der Waals surface area contributed by atoms with Gasteiger partial charge in [0.25, 0.3) is 4.87 Å². The fourth-order valence-electron chi connectivity index (χ4n) is 2.67. The Morgan fingerprint density at radius 1 is 1.21 bits per heavy atom. The molecule has 0 N–H and O–H groups in total. The van der Waals surface area contributed by atoms with E-state index in [-0.39, 0.29) is 0 Å². The largest absolute Gasteiger partial charge is 0.430 e. The van der Waals surface area contributed by atoms with E-state index in [4.69, 9.17) is 9.41 Å². The summed E-state index contributed by atoms with van der Waals surface area (Å²) in [5, 5.41) is 0. The van der Waals surface area contributed by atoms with Gasteiger partial charge in [-0.15, -0.1) is 0 Å². The molecule has 0 spiro atoms. The van der Waals surface area contributed by atoms with Crippen molar-refractivity contribution in [2.75, 3.05) is 0 Å². The second-order valence-corrected chi connectivity index (χ2v) is 6.75. The van der Waals surface area contributed by atoms with Gasteiger partial charge < -0.3 is 4.42 Å². The molecule has 1 aliphatic rings. The summed E-state index contributed by atoms with van der Waals surface area (Å²) in [6, 6.07) is 6.97. The van der Waals surface area contributed by atoms with Crippen molar-refractivity contribution < 1.29 is 4.42 Å². The molecule has 0 radical (unpaired) electrons. The molecule has 19 heavy (non-hydrogen) atoms. The van der Waals surface area contributed by atoms with Crippen LogP contribution in [0.4, 0.5) is 0 Å². The van der Waals surface area contributed by atoms with Crippen LogP contribution in [0.1, 0.15) is 57.4 Å². The Hall–Kier alpha value is -1.09. The van der Waals surface area contributed by atoms with Crippen molar-refractivity contribution in [3.8, 4) is 0 Å². The minimum absolute atomic E-state index is 0.482. The molecule has 3 rings (SSSR count). The van der Waals surface area contributed by atoms with Crippen LogP contribution >= 0.6 is 11.3 Å². The first kappa shape index (κ1) is 12.9. The van der Waals surface area contributed by atoms with Crippen LogP contribution in [0.15, 0.2) is 27.6 Å². The van der Waals surface area contributed by atoms with E-state index in [1.54, 1.807) is 11.3 Å². The van der Waals surface area contributed by atoms with Gasteiger partial charge in [-0.1, -0.05) is 50.5 Å². The van der Waals surface area contributed by atoms with Crippen molar-refractivity contribution in [1.29, 1.82) is 0 Å². The van der Waals surface area contributed by atoms with Gasteiger partial charge in [-0.25, -0.2) is 4.99 Å². The molecule has 3 heteroatoms. The molecule has 0 amide bonds. The normalized spacial score (nSPS) is 18.6. The summed E-state index contributed by atoms with van der Waals surface area (Å²) in [6.45, 7) is 4.44. The summed E-state index contributed by atoms with van der Waals surface area (Å²) in [4.78, 5) is 5.63. The number of hydrogen-bond donors (Lipinski definition) is 0. The number of hydrogen-bond acceptors (Lipinski definition) is 3. The molecule has 1 saturated carbocycles. The molecule has 0 bridgehead atoms. The molecule has 1 aromatic heterocycles. The summed E-state index contributed by atoms with van der Waals surface area (Å²) >= 11 is 1.69. The van der Waals surface area contributed by atoms with Crippen LogP contribution in [-0.4, -0.2) is 6.04 Å². The topological polar surface area (TPSA) is 25.5 Å². The highest BCUT2D eigenvalue weighted by molar-refractivity contribution is 7.16. The minimum Gasteiger partial charge on any atom is -0.430 e. The average molecular weight is 275 g/mol. The predicted octanol–water partition coefficient (Wildman–Crippen LogP) is 4.85. The van der Waals surface area contributed by atoms with E-state index in [2.05, 4.69) is 32.0 Å². The van der Waals surface area contributed by atoms with E-state index in [9.17, 15) is 0 Å². The molecule has 102 valence electrons. The highest BCUT2D eigenvalue weighted by atomic mass is 32.1. The molecular formula is C16H21NOS. The lowest BCUT2D eigenvalue weighted by molar-refractivity contribution is 0.422. The van der Waals surface area contributed by atoms with Crippen molar-refractivity contribution in [2.24, 2.45) is 4.99 Å². The van der Waals surface area contributed by atoms with Gasteiger partial charge in [0.1, 0.15) is 5.58 Å². The quantitative estimate of drug-likeness (QED) is 0.769. The molecule has 0 atom stereocenters. The fraction of sp³-hybridized carbons (Fsp3) is 0.562. The van der Waals surface area contributed by atoms with Gasteiger partial charge >= 0.3 is 0 Å². The van der Waals surface area contributed by atoms with Gasteiger partial charge in [-0.2, -0.15) is 0 Å². The zero-order valence-electron chi connectivity index (χ0n) is 11.7. The monoisotopic (exact) mass is 275 g/mol. The third-order valence-electron chi connectivity index (χ3n) is 3.89. The molecule has 0 aliphatic heterocycles. The second-order valence-electron chi connectivity index (χ2n) is 5.75. The lowest BCUT2D eigenvalue weighted by Gasteiger charge is -2.15. The van der Waals surface area contributed by atoms with Crippen molar-refractivity contribution in [1.82, 2.24) is 0 Å². The summed E-state index contributed by atoms with van der Waals surface area (Å²) in [5.74, 6) is 0.560. The van der Waals surface area contributed by atoms with Crippen LogP contribution in [0.2, 0.25) is 0 Å². The summed E-state index contributed by atoms with van der Waals surface area (Å²) < 4.78 is 7.08. The Morgan fingerprint density at radius 3 is 2.74 bits per heavy atom. The molecule has 0 unspecified atom stereocenters. The van der Waals surface area contributed by atoms with Gasteiger partial charge in [0, 0.05) is 0 Å². The van der Waals surface area contributed by atoms with E-state index in [0.717, 1.165) is 10.5 Å². The third kappa shape index (κ3) is 2.92. The van der Waals surface area contributed by atoms with Crippen LogP contribution in [-0.2, 0) is 0 Å². The molecule has 1 fully saturated rings. The van der Waals surface area contributed by atoms with Gasteiger partial charge in [0.2, 0.25) is 0 Å². The van der Waals surface area contributed by atoms with E-state index >= 15 is 0 Å². The highest BCUT2D eigenvalue weighted by Gasteiger charge is 2.12. The molecule has 1 aromatic carbocycles. The van der Waals surface area contributed by atoms with Crippen LogP contribution < -0.4 is 4.87 Å². The van der Waals surface area contributed by atoms with Gasteiger partial charge in [-0.05, 0) is 36.5 Å². The molecule has 2 nitrogen and oxygen atoms in total. The Morgan fingerprint density at radius 2 is 2.00 bits per heavy atom. The summed E-state index contributed by atoms with van der Waals surface area (Å²) in [6.07, 6.45) is 6.45. The summed E-state index contributed by atoms with van der Waals surface area (Å²) in [5.41, 5.74) is 2.35. The molecular weight excluding hydrogens is 254 g/mol. The average Bonchev–Trinajstić information content (AvgIpc) is 2.80. The molecule has 1 aliphatic carbocycles. The SMILES string of the molecule is CC(C)c1ccc2oc(=NC3CCCCC3)sc2c1. The lowest BCUT2D eigenvalue weighted by atomic mass is 9.96. The van der Waals surface area contributed by atoms with Crippen molar-refractivity contribution in [2.45, 2.75) is 57.9 Å². The Bertz CT molecular complexity index is 617. The highest BCUT2D eigenvalue weighted by Crippen LogP contribution is 2.24. The van der Waals surface area contributed by atoms with E-state index < -0.39 is 0 Å². The lowest BCUT2D eigenvalue weighted by Crippen LogP contribution is -2.12. The van der Waals surface area contributed by atoms with Crippen LogP contribution in [0.25, 0.3) is 10.3 Å². The van der Waals surface area contributed by atoms with Crippen LogP contribution in [0.5, 0.6) is 0 Å². The van der Waals surface area contributed by atoms with Crippen LogP contribution in [0, 0.1) is 0 Å². The predicted molar refractivity (Wildman–Crippen MR) is 80.6 cm³/mol. The third-order valence-corrected chi connectivity index (χ3v) is 4.79. The van der Waals surface area contributed by atoms with E-state index in [1.807, 2.05) is 0 Å². The maximum Gasteiger partial charge on any atom is 0.274 e. The van der Waals surface area contributed by atoms with Gasteiger partial charge in [0.05, 0.1) is 10.7 Å². The minimum atomic E-state index is 0.482. The first-order valence-corrected chi connectivity index (χ1v) is 8.11. The Balaban J connectivity index is 1.94. The zero-order chi connectivity index (χ0) is 13.2. The first-order chi connectivity index (χ1) is 9.22.